The van der Waals surface area contributed by atoms with Crippen LogP contribution < -0.4 is 16.4 Å². The minimum atomic E-state index is 0. The van der Waals surface area contributed by atoms with E-state index in [1.54, 1.807) is 5.57 Å². The molecule has 11 nitrogen and oxygen atoms in total. The molecule has 0 fully saturated rings. The third-order valence-corrected chi connectivity index (χ3v) is 12.4. The monoisotopic (exact) mass is 1630 g/mol. The third-order valence-electron chi connectivity index (χ3n) is 12.4. The molecule has 1 aromatic rings. The Morgan fingerprint density at radius 3 is 1.06 bits per heavy atom. The fourth-order valence-corrected chi connectivity index (χ4v) is 7.54. The van der Waals surface area contributed by atoms with Gasteiger partial charge in [0, 0.05) is 225 Å². The van der Waals surface area contributed by atoms with Gasteiger partial charge in [-0.2, -0.15) is 11.4 Å². The molecular formula is C74H157B7N10OY4-7. The van der Waals surface area contributed by atoms with Crippen LogP contribution >= 0.6 is 0 Å². The molecule has 25 radical (unpaired) electrons. The average molecular weight is 1630 g/mol. The van der Waals surface area contributed by atoms with Crippen LogP contribution in [-0.2, 0) is 131 Å². The zero-order chi connectivity index (χ0) is 64.9. The summed E-state index contributed by atoms with van der Waals surface area (Å²) in [6, 6.07) is 4.19. The first-order valence-corrected chi connectivity index (χ1v) is 31.3. The molecule has 0 saturated heterocycles. The molecule has 0 bridgehead atoms. The zero-order valence-corrected chi connectivity index (χ0v) is 77.2. The van der Waals surface area contributed by atoms with E-state index in [1.807, 2.05) is 123 Å². The van der Waals surface area contributed by atoms with Gasteiger partial charge in [0.2, 0.25) is 0 Å². The number of aromatic nitrogens is 1. The molecule has 96 heavy (non-hydrogen) atoms. The van der Waals surface area contributed by atoms with Crippen LogP contribution in [0.3, 0.4) is 0 Å². The van der Waals surface area contributed by atoms with Crippen molar-refractivity contribution < 1.29 is 136 Å². The molecule has 0 unspecified atom stereocenters. The third kappa shape index (κ3) is 85.6. The van der Waals surface area contributed by atoms with Crippen LogP contribution in [0.5, 0.6) is 0 Å². The van der Waals surface area contributed by atoms with Crippen LogP contribution in [0.4, 0.5) is 0 Å². The van der Waals surface area contributed by atoms with Gasteiger partial charge in [-0.25, -0.2) is 0 Å². The average Bonchev–Trinajstić information content (AvgIpc) is 3.38. The number of rotatable bonds is 18. The van der Waals surface area contributed by atoms with Crippen molar-refractivity contribution >= 4 is 58.9 Å². The van der Waals surface area contributed by atoms with Crippen LogP contribution in [0, 0.1) is 78.1 Å². The molecule has 0 saturated carbocycles. The van der Waals surface area contributed by atoms with E-state index < -0.39 is 0 Å². The maximum Gasteiger partial charge on any atom is 0.114 e. The molecule has 2 rings (SSSR count). The van der Waals surface area contributed by atoms with E-state index in [2.05, 4.69) is 152 Å². The van der Waals surface area contributed by atoms with Crippen molar-refractivity contribution in [3.05, 3.63) is 140 Å². The second kappa shape index (κ2) is 100. The molecule has 0 amide bonds. The molecule has 1 aliphatic rings. The Bertz CT molecular complexity index is 1770. The second-order valence-electron chi connectivity index (χ2n) is 24.6. The van der Waals surface area contributed by atoms with Crippen LogP contribution in [0.15, 0.2) is 87.1 Å². The molecule has 1 aliphatic heterocycles. The fourth-order valence-electron chi connectivity index (χ4n) is 7.54. The van der Waals surface area contributed by atoms with Crippen LogP contribution in [-0.4, -0.2) is 88.6 Å². The first kappa shape index (κ1) is 163. The van der Waals surface area contributed by atoms with Crippen molar-refractivity contribution in [2.45, 2.75) is 282 Å². The number of hydrogen-bond donors (Lipinski definition) is 4. The molecule has 549 valence electrons. The predicted octanol–water partition coefficient (Wildman–Crippen LogP) is 24.4. The van der Waals surface area contributed by atoms with E-state index in [-0.39, 0.29) is 256 Å². The first-order chi connectivity index (χ1) is 36.8. The molecule has 12 N–H and O–H groups in total. The van der Waals surface area contributed by atoms with Gasteiger partial charge in [-0.1, -0.05) is 281 Å². The normalized spacial score (nSPS) is 11.3. The Morgan fingerprint density at radius 1 is 0.531 bits per heavy atom. The van der Waals surface area contributed by atoms with Crippen molar-refractivity contribution in [1.29, 1.82) is 0 Å². The minimum absolute atomic E-state index is 0. The number of nitrogens with two attached hydrogens (primary N) is 2. The largest absolute Gasteiger partial charge is 0.702 e. The van der Waals surface area contributed by atoms with Crippen molar-refractivity contribution in [3.63, 3.8) is 0 Å². The van der Waals surface area contributed by atoms with Crippen LogP contribution in [0.2, 0.25) is 0 Å². The summed E-state index contributed by atoms with van der Waals surface area (Å²) >= 11 is 0. The maximum atomic E-state index is 9.32. The van der Waals surface area contributed by atoms with Crippen molar-refractivity contribution in [3.8, 4) is 0 Å². The van der Waals surface area contributed by atoms with Gasteiger partial charge >= 0.3 is 0 Å². The van der Waals surface area contributed by atoms with E-state index in [9.17, 15) is 5.11 Å². The summed E-state index contributed by atoms with van der Waals surface area (Å²) in [5.41, 5.74) is 54.7. The molecule has 0 atom stereocenters. The minimum Gasteiger partial charge on any atom is -0.702 e. The van der Waals surface area contributed by atoms with E-state index in [4.69, 9.17) is 34.4 Å². The van der Waals surface area contributed by atoms with Crippen molar-refractivity contribution in [2.24, 2.45) is 76.7 Å². The molecule has 0 aromatic carbocycles. The Labute approximate surface area is 721 Å². The van der Waals surface area contributed by atoms with Gasteiger partial charge in [0.05, 0.1) is 0 Å². The van der Waals surface area contributed by atoms with Gasteiger partial charge in [0.15, 0.2) is 0 Å². The van der Waals surface area contributed by atoms with E-state index in [1.165, 1.54) is 36.3 Å². The van der Waals surface area contributed by atoms with Crippen LogP contribution in [0.25, 0.3) is 34.8 Å². The summed E-state index contributed by atoms with van der Waals surface area (Å²) in [6.07, 6.45) is 9.73. The Hall–Kier alpha value is 0.940. The molecule has 0 spiro atoms. The van der Waals surface area contributed by atoms with Gasteiger partial charge in [0.25, 0.3) is 0 Å². The number of allylic oxidation sites excluding steroid dienone is 10. The number of nitrogens with zero attached hydrogens (tertiary/aromatic N) is 1. The predicted molar refractivity (Wildman–Crippen MR) is 438 cm³/mol. The smallest absolute Gasteiger partial charge is 0.114 e. The van der Waals surface area contributed by atoms with Gasteiger partial charge < -0.3 is 56.3 Å². The topological polar surface area (TPSA) is 236 Å². The maximum absolute atomic E-state index is 9.32. The van der Waals surface area contributed by atoms with Gasteiger partial charge in [-0.3, -0.25) is 12.0 Å². The number of nitrogens with one attached hydrogen (secondary N) is 7. The summed E-state index contributed by atoms with van der Waals surface area (Å²) in [5, 5.41) is 15.7. The number of pyridine rings is 1. The number of hydrogen-bond acceptors (Lipinski definition) is 5. The quantitative estimate of drug-likeness (QED) is 0.0484. The van der Waals surface area contributed by atoms with Crippen molar-refractivity contribution in [1.82, 2.24) is 15.6 Å². The number of aliphatic hydroxyl groups is 1. The van der Waals surface area contributed by atoms with Gasteiger partial charge in [-0.05, 0) is 113 Å². The Kier molecular flexibility index (Phi) is 170. The molecule has 0 aliphatic carbocycles. The molecular weight excluding hydrogens is 1480 g/mol. The molecule has 22 heteroatoms. The van der Waals surface area contributed by atoms with Crippen LogP contribution in [0.1, 0.15) is 294 Å². The first-order valence-electron chi connectivity index (χ1n) is 31.3. The molecule has 2 heterocycles. The summed E-state index contributed by atoms with van der Waals surface area (Å²) < 4.78 is 0. The number of aliphatic hydroxyl groups excluding tert-OH is 1. The van der Waals surface area contributed by atoms with Gasteiger partial charge in [0.1, 0.15) is 5.76 Å². The second-order valence-corrected chi connectivity index (χ2v) is 24.6. The van der Waals surface area contributed by atoms with E-state index in [0.717, 1.165) is 34.9 Å². The zero-order valence-electron chi connectivity index (χ0n) is 65.8. The Balaban J connectivity index is -0.0000000298. The van der Waals surface area contributed by atoms with Crippen molar-refractivity contribution in [2.75, 3.05) is 19.6 Å². The van der Waals surface area contributed by atoms with E-state index in [0.29, 0.717) is 82.7 Å². The molecule has 1 aromatic heterocycles. The Morgan fingerprint density at radius 2 is 0.885 bits per heavy atom. The summed E-state index contributed by atoms with van der Waals surface area (Å²) in [6.45, 7) is 68.8. The standard InChI is InChI=1S/C11H21N.C11H17N.C10H20N2.2C9H18N2.C8H17NO.C8H16.2C2H6.4CH4.7B.H2N.4Y/c2*1-8(2)10-6-5-7-12-11(10)9(3)4;1-7(2)9(5-6-11)10(12)8(3)4;1-6(2)8(10)9(11-5)7(3)4;1-6(2)8(5-10)9(11)7(3)4;1-5(2)7(9)8(10)6(3)4;1-7(2)5-6-8(3)4;2*1-2;;;;;;;;;;;;;;;;/h8-9,12H,5-7H2,1-4H3;5-9H,1-4H3;7-8,11-12H,5-6H2,1-4H3;2*6-7,10-11H,5H2,1-4H3;5-6,10H,9H2,1-4H3;5-8H,1-4H3;2*1-2H3;4*1H4;;;;;;;;1H2;;;;/q;;3*-2;;;;;;;;;;;;;;;;-1;;;;/b;;;;;8-7-;6-5-;;;;;;;;;;;;;;;;;;. The fraction of sp³-hybridized carbons (Fsp3) is 0.757. The van der Waals surface area contributed by atoms with Gasteiger partial charge in [-0.15, -0.1) is 24.4 Å². The van der Waals surface area contributed by atoms with E-state index >= 15 is 0 Å². The summed E-state index contributed by atoms with van der Waals surface area (Å²) in [4.78, 5) is 4.40. The summed E-state index contributed by atoms with van der Waals surface area (Å²) in [5.74, 6) is 6.59. The SMILES string of the molecule is C.C.C.C.CC.CC.CC(C)/C(N)=C(/O)C(C)C.CC(C)/C=C\C(C)C.CC(C)C([NH-])=C(CC[NH-])C(C)C.CC(C)C([NH-])=C(C[NH-])C(C)C.CC(C)C1=C(C(C)C)NCCC1.CC(C)c1cccnc1C(C)C.[B].[B].[B].[B].[B].[B].[B].[CH2-]NC(=C([NH-])C(C)C)C(C)C.[NH2-].[Y].[Y].[Y].[Y]. The summed E-state index contributed by atoms with van der Waals surface area (Å²) in [7, 11) is 3.58.